The van der Waals surface area contributed by atoms with Crippen molar-refractivity contribution in [3.63, 3.8) is 0 Å². The molecule has 0 spiro atoms. The number of aromatic nitrogens is 2. The average Bonchev–Trinajstić information content (AvgIpc) is 2.68. The van der Waals surface area contributed by atoms with Crippen molar-refractivity contribution in [2.45, 2.75) is 13.5 Å². The van der Waals surface area contributed by atoms with Crippen LogP contribution in [0.2, 0.25) is 5.02 Å². The van der Waals surface area contributed by atoms with Gasteiger partial charge in [0.1, 0.15) is 5.69 Å². The van der Waals surface area contributed by atoms with Crippen LogP contribution in [0.4, 0.5) is 5.95 Å². The molecule has 3 rings (SSSR count). The van der Waals surface area contributed by atoms with Gasteiger partial charge < -0.3 is 15.4 Å². The van der Waals surface area contributed by atoms with Crippen LogP contribution in [0.25, 0.3) is 0 Å². The van der Waals surface area contributed by atoms with E-state index >= 15 is 0 Å². The van der Waals surface area contributed by atoms with Gasteiger partial charge in [-0.3, -0.25) is 9.69 Å². The second kappa shape index (κ2) is 9.64. The van der Waals surface area contributed by atoms with E-state index in [1.165, 1.54) is 0 Å². The van der Waals surface area contributed by atoms with Crippen LogP contribution in [-0.2, 0) is 11.3 Å². The van der Waals surface area contributed by atoms with Crippen molar-refractivity contribution in [2.75, 3.05) is 44.7 Å². The van der Waals surface area contributed by atoms with E-state index in [-0.39, 0.29) is 5.91 Å². The monoisotopic (exact) mass is 389 g/mol. The highest BCUT2D eigenvalue weighted by Crippen LogP contribution is 2.10. The summed E-state index contributed by atoms with van der Waals surface area (Å²) in [6, 6.07) is 9.05. The lowest BCUT2D eigenvalue weighted by Gasteiger charge is -2.26. The summed E-state index contributed by atoms with van der Waals surface area (Å²) in [5.41, 5.74) is 2.07. The Morgan fingerprint density at radius 1 is 1.22 bits per heavy atom. The Bertz CT molecular complexity index is 763. The smallest absolute Gasteiger partial charge is 0.270 e. The van der Waals surface area contributed by atoms with E-state index in [0.717, 1.165) is 50.7 Å². The molecular formula is C19H24ClN5O2. The van der Waals surface area contributed by atoms with Gasteiger partial charge in [-0.05, 0) is 30.7 Å². The fourth-order valence-corrected chi connectivity index (χ4v) is 2.92. The highest BCUT2D eigenvalue weighted by Gasteiger charge is 2.12. The summed E-state index contributed by atoms with van der Waals surface area (Å²) in [4.78, 5) is 23.5. The van der Waals surface area contributed by atoms with E-state index in [4.69, 9.17) is 16.3 Å². The number of rotatable bonds is 7. The molecule has 0 radical (unpaired) electrons. The molecule has 1 fully saturated rings. The molecule has 1 aromatic heterocycles. The van der Waals surface area contributed by atoms with E-state index in [1.54, 1.807) is 18.2 Å². The minimum absolute atomic E-state index is 0.230. The van der Waals surface area contributed by atoms with Gasteiger partial charge in [-0.15, -0.1) is 0 Å². The molecule has 27 heavy (non-hydrogen) atoms. The maximum Gasteiger partial charge on any atom is 0.270 e. The van der Waals surface area contributed by atoms with Crippen LogP contribution >= 0.6 is 11.6 Å². The van der Waals surface area contributed by atoms with Crippen LogP contribution in [0, 0.1) is 6.92 Å². The predicted molar refractivity (Wildman–Crippen MR) is 105 cm³/mol. The Labute approximate surface area is 164 Å². The van der Waals surface area contributed by atoms with Gasteiger partial charge in [0.05, 0.1) is 13.2 Å². The van der Waals surface area contributed by atoms with Gasteiger partial charge in [0.25, 0.3) is 5.91 Å². The third-order valence-electron chi connectivity index (χ3n) is 4.27. The molecule has 2 aromatic rings. The molecule has 0 bridgehead atoms. The lowest BCUT2D eigenvalue weighted by Crippen LogP contribution is -2.39. The molecule has 2 N–H and O–H groups in total. The van der Waals surface area contributed by atoms with E-state index in [9.17, 15) is 4.79 Å². The Morgan fingerprint density at radius 3 is 2.70 bits per heavy atom. The van der Waals surface area contributed by atoms with Crippen molar-refractivity contribution in [1.82, 2.24) is 20.2 Å². The summed E-state index contributed by atoms with van der Waals surface area (Å²) < 4.78 is 5.35. The van der Waals surface area contributed by atoms with Crippen LogP contribution in [0.1, 0.15) is 21.7 Å². The largest absolute Gasteiger partial charge is 0.379 e. The number of anilines is 1. The molecule has 2 heterocycles. The topological polar surface area (TPSA) is 79.4 Å². The molecule has 7 nitrogen and oxygen atoms in total. The quantitative estimate of drug-likeness (QED) is 0.755. The fraction of sp³-hybridized carbons (Fsp3) is 0.421. The molecule has 1 saturated heterocycles. The van der Waals surface area contributed by atoms with E-state index < -0.39 is 0 Å². The van der Waals surface area contributed by atoms with Crippen molar-refractivity contribution in [3.05, 3.63) is 52.3 Å². The van der Waals surface area contributed by atoms with Gasteiger partial charge in [0.2, 0.25) is 5.95 Å². The second-order valence-corrected chi connectivity index (χ2v) is 6.84. The predicted octanol–water partition coefficient (Wildman–Crippen LogP) is 2.11. The third kappa shape index (κ3) is 6.16. The number of benzene rings is 1. The zero-order valence-electron chi connectivity index (χ0n) is 15.4. The zero-order chi connectivity index (χ0) is 19.1. The summed E-state index contributed by atoms with van der Waals surface area (Å²) >= 11 is 5.88. The highest BCUT2D eigenvalue weighted by molar-refractivity contribution is 6.30. The van der Waals surface area contributed by atoms with Crippen molar-refractivity contribution in [2.24, 2.45) is 0 Å². The number of amides is 1. The van der Waals surface area contributed by atoms with E-state index in [2.05, 4.69) is 25.5 Å². The molecule has 1 aliphatic heterocycles. The maximum atomic E-state index is 12.4. The molecule has 1 amide bonds. The number of carbonyl (C=O) groups excluding carboxylic acids is 1. The summed E-state index contributed by atoms with van der Waals surface area (Å²) in [6.07, 6.45) is 0. The van der Waals surface area contributed by atoms with Crippen molar-refractivity contribution in [3.8, 4) is 0 Å². The van der Waals surface area contributed by atoms with Crippen LogP contribution < -0.4 is 10.6 Å². The number of hydrogen-bond donors (Lipinski definition) is 2. The highest BCUT2D eigenvalue weighted by atomic mass is 35.5. The molecular weight excluding hydrogens is 366 g/mol. The number of aryl methyl sites for hydroxylation is 1. The Morgan fingerprint density at radius 2 is 1.96 bits per heavy atom. The first-order valence-corrected chi connectivity index (χ1v) is 9.40. The van der Waals surface area contributed by atoms with Gasteiger partial charge in [0, 0.05) is 43.4 Å². The molecule has 8 heteroatoms. The van der Waals surface area contributed by atoms with Crippen molar-refractivity contribution in [1.29, 1.82) is 0 Å². The maximum absolute atomic E-state index is 12.4. The first kappa shape index (κ1) is 19.5. The van der Waals surface area contributed by atoms with Gasteiger partial charge >= 0.3 is 0 Å². The minimum Gasteiger partial charge on any atom is -0.379 e. The Balaban J connectivity index is 1.53. The molecule has 0 saturated carbocycles. The molecule has 144 valence electrons. The normalized spacial score (nSPS) is 14.7. The standard InChI is InChI=1S/C19H24ClN5O2/c1-14-12-17(18(26)22-13-15-2-4-16(20)5-3-15)24-19(23-14)21-6-7-25-8-10-27-11-9-25/h2-5,12H,6-11,13H2,1H3,(H,22,26)(H,21,23,24). The number of morpholine rings is 1. The third-order valence-corrected chi connectivity index (χ3v) is 4.52. The van der Waals surface area contributed by atoms with Gasteiger partial charge in [0.15, 0.2) is 0 Å². The van der Waals surface area contributed by atoms with E-state index in [1.807, 2.05) is 19.1 Å². The number of nitrogens with zero attached hydrogens (tertiary/aromatic N) is 3. The molecule has 1 aromatic carbocycles. The molecule has 1 aliphatic rings. The molecule has 0 unspecified atom stereocenters. The molecule has 0 aliphatic carbocycles. The van der Waals surface area contributed by atoms with Crippen LogP contribution in [0.15, 0.2) is 30.3 Å². The summed E-state index contributed by atoms with van der Waals surface area (Å²) in [6.45, 7) is 7.30. The zero-order valence-corrected chi connectivity index (χ0v) is 16.1. The van der Waals surface area contributed by atoms with Crippen LogP contribution in [0.3, 0.4) is 0 Å². The fourth-order valence-electron chi connectivity index (χ4n) is 2.79. The van der Waals surface area contributed by atoms with Gasteiger partial charge in [-0.25, -0.2) is 9.97 Å². The van der Waals surface area contributed by atoms with E-state index in [0.29, 0.717) is 23.2 Å². The van der Waals surface area contributed by atoms with Crippen LogP contribution in [-0.4, -0.2) is 60.2 Å². The number of ether oxygens (including phenoxy) is 1. The minimum atomic E-state index is -0.230. The number of nitrogens with one attached hydrogen (secondary N) is 2. The second-order valence-electron chi connectivity index (χ2n) is 6.41. The summed E-state index contributed by atoms with van der Waals surface area (Å²) in [5.74, 6) is 0.242. The summed E-state index contributed by atoms with van der Waals surface area (Å²) in [7, 11) is 0. The lowest BCUT2D eigenvalue weighted by molar-refractivity contribution is 0.0398. The van der Waals surface area contributed by atoms with Gasteiger partial charge in [-0.1, -0.05) is 23.7 Å². The first-order chi connectivity index (χ1) is 13.1. The van der Waals surface area contributed by atoms with Crippen molar-refractivity contribution < 1.29 is 9.53 Å². The van der Waals surface area contributed by atoms with Crippen molar-refractivity contribution >= 4 is 23.5 Å². The number of halogens is 1. The number of hydrogen-bond acceptors (Lipinski definition) is 6. The Hall–Kier alpha value is -2.22. The van der Waals surface area contributed by atoms with Crippen LogP contribution in [0.5, 0.6) is 0 Å². The van der Waals surface area contributed by atoms with Gasteiger partial charge in [-0.2, -0.15) is 0 Å². The Kier molecular flexibility index (Phi) is 6.98. The number of carbonyl (C=O) groups is 1. The SMILES string of the molecule is Cc1cc(C(=O)NCc2ccc(Cl)cc2)nc(NCCN2CCOCC2)n1. The molecule has 0 atom stereocenters. The summed E-state index contributed by atoms with van der Waals surface area (Å²) in [5, 5.41) is 6.75. The first-order valence-electron chi connectivity index (χ1n) is 9.02. The average molecular weight is 390 g/mol. The lowest BCUT2D eigenvalue weighted by atomic mass is 10.2.